The maximum Gasteiger partial charge on any atom is 0.411 e. The molecule has 108 valence electrons. The zero-order chi connectivity index (χ0) is 14.3. The summed E-state index contributed by atoms with van der Waals surface area (Å²) in [7, 11) is 3.29. The van der Waals surface area contributed by atoms with Crippen LogP contribution in [0, 0.1) is 0 Å². The van der Waals surface area contributed by atoms with E-state index in [1.54, 1.807) is 25.2 Å². The van der Waals surface area contributed by atoms with Crippen molar-refractivity contribution in [1.82, 2.24) is 5.32 Å². The topological polar surface area (TPSA) is 39.7 Å². The molecular formula is C12H16F3NO3. The molecule has 0 spiro atoms. The summed E-state index contributed by atoms with van der Waals surface area (Å²) in [4.78, 5) is 0. The highest BCUT2D eigenvalue weighted by Crippen LogP contribution is 2.24. The van der Waals surface area contributed by atoms with Gasteiger partial charge in [-0.3, -0.25) is 0 Å². The van der Waals surface area contributed by atoms with Crippen LogP contribution in [0.3, 0.4) is 0 Å². The molecule has 0 aromatic heterocycles. The number of halogens is 3. The van der Waals surface area contributed by atoms with Crippen LogP contribution in [0.15, 0.2) is 18.2 Å². The Morgan fingerprint density at radius 1 is 1.26 bits per heavy atom. The van der Waals surface area contributed by atoms with Crippen LogP contribution in [0.5, 0.6) is 11.5 Å². The lowest BCUT2D eigenvalue weighted by Gasteiger charge is -2.13. The number of hydrogen-bond acceptors (Lipinski definition) is 4. The van der Waals surface area contributed by atoms with E-state index in [-0.39, 0.29) is 0 Å². The zero-order valence-electron chi connectivity index (χ0n) is 10.7. The molecular weight excluding hydrogens is 263 g/mol. The molecule has 0 aliphatic heterocycles. The number of methoxy groups -OCH3 is 1. The third-order valence-corrected chi connectivity index (χ3v) is 2.20. The first kappa shape index (κ1) is 15.6. The van der Waals surface area contributed by atoms with E-state index in [9.17, 15) is 13.2 Å². The first-order chi connectivity index (χ1) is 8.96. The van der Waals surface area contributed by atoms with Crippen molar-refractivity contribution in [3.8, 4) is 11.5 Å². The van der Waals surface area contributed by atoms with Crippen LogP contribution >= 0.6 is 0 Å². The largest absolute Gasteiger partial charge is 0.497 e. The average molecular weight is 279 g/mol. The summed E-state index contributed by atoms with van der Waals surface area (Å²) >= 11 is 0. The molecule has 0 fully saturated rings. The lowest BCUT2D eigenvalue weighted by atomic mass is 10.2. The molecule has 0 heterocycles. The second-order valence-corrected chi connectivity index (χ2v) is 3.73. The SMILES string of the molecule is CNCc1cc(OC)ccc1OCOCC(F)(F)F. The first-order valence-corrected chi connectivity index (χ1v) is 5.55. The third kappa shape index (κ3) is 5.80. The van der Waals surface area contributed by atoms with E-state index < -0.39 is 19.6 Å². The highest BCUT2D eigenvalue weighted by Gasteiger charge is 2.27. The number of alkyl halides is 3. The van der Waals surface area contributed by atoms with E-state index in [4.69, 9.17) is 9.47 Å². The number of nitrogens with one attached hydrogen (secondary N) is 1. The van der Waals surface area contributed by atoms with Gasteiger partial charge < -0.3 is 19.5 Å². The number of benzene rings is 1. The summed E-state index contributed by atoms with van der Waals surface area (Å²) < 4.78 is 50.2. The van der Waals surface area contributed by atoms with Gasteiger partial charge in [0.1, 0.15) is 18.1 Å². The van der Waals surface area contributed by atoms with Crippen molar-refractivity contribution in [3.63, 3.8) is 0 Å². The molecule has 4 nitrogen and oxygen atoms in total. The standard InChI is InChI=1S/C12H16F3NO3/c1-16-6-9-5-10(17-2)3-4-11(9)19-8-18-7-12(13,14)15/h3-5,16H,6-8H2,1-2H3. The zero-order valence-corrected chi connectivity index (χ0v) is 10.7. The molecule has 1 aromatic carbocycles. The molecule has 1 rings (SSSR count). The van der Waals surface area contributed by atoms with Gasteiger partial charge in [-0.05, 0) is 25.2 Å². The van der Waals surface area contributed by atoms with E-state index in [1.807, 2.05) is 0 Å². The summed E-state index contributed by atoms with van der Waals surface area (Å²) in [6.45, 7) is -1.28. The predicted octanol–water partition coefficient (Wildman–Crippen LogP) is 2.33. The Bertz CT molecular complexity index is 396. The molecule has 0 saturated carbocycles. The molecule has 1 N–H and O–H groups in total. The van der Waals surface area contributed by atoms with Gasteiger partial charge in [-0.15, -0.1) is 0 Å². The molecule has 0 saturated heterocycles. The van der Waals surface area contributed by atoms with Gasteiger partial charge in [-0.1, -0.05) is 0 Å². The van der Waals surface area contributed by atoms with E-state index >= 15 is 0 Å². The monoisotopic (exact) mass is 279 g/mol. The van der Waals surface area contributed by atoms with Crippen molar-refractivity contribution in [3.05, 3.63) is 23.8 Å². The van der Waals surface area contributed by atoms with Crippen LogP contribution in [0.25, 0.3) is 0 Å². The van der Waals surface area contributed by atoms with E-state index in [0.29, 0.717) is 18.0 Å². The van der Waals surface area contributed by atoms with Crippen molar-refractivity contribution in [2.24, 2.45) is 0 Å². The van der Waals surface area contributed by atoms with Crippen molar-refractivity contribution in [1.29, 1.82) is 0 Å². The molecule has 0 unspecified atom stereocenters. The van der Waals surface area contributed by atoms with Crippen LogP contribution < -0.4 is 14.8 Å². The Morgan fingerprint density at radius 3 is 2.58 bits per heavy atom. The van der Waals surface area contributed by atoms with Gasteiger partial charge in [-0.2, -0.15) is 13.2 Å². The van der Waals surface area contributed by atoms with Crippen LogP contribution in [0.1, 0.15) is 5.56 Å². The van der Waals surface area contributed by atoms with Crippen molar-refractivity contribution >= 4 is 0 Å². The maximum atomic E-state index is 11.9. The van der Waals surface area contributed by atoms with Crippen LogP contribution in [-0.4, -0.2) is 33.7 Å². The number of rotatable bonds is 7. The third-order valence-electron chi connectivity index (χ3n) is 2.20. The van der Waals surface area contributed by atoms with Gasteiger partial charge in [0, 0.05) is 12.1 Å². The summed E-state index contributed by atoms with van der Waals surface area (Å²) in [5.41, 5.74) is 0.775. The summed E-state index contributed by atoms with van der Waals surface area (Å²) in [5, 5.41) is 2.93. The molecule has 0 aliphatic rings. The van der Waals surface area contributed by atoms with Gasteiger partial charge in [0.15, 0.2) is 6.79 Å². The average Bonchev–Trinajstić information content (AvgIpc) is 2.35. The van der Waals surface area contributed by atoms with Crippen LogP contribution in [0.2, 0.25) is 0 Å². The minimum atomic E-state index is -4.35. The van der Waals surface area contributed by atoms with Gasteiger partial charge in [0.25, 0.3) is 0 Å². The number of ether oxygens (including phenoxy) is 3. The molecule has 1 aromatic rings. The van der Waals surface area contributed by atoms with Gasteiger partial charge in [0.2, 0.25) is 0 Å². The number of hydrogen-bond donors (Lipinski definition) is 1. The molecule has 0 atom stereocenters. The Morgan fingerprint density at radius 2 is 2.00 bits per heavy atom. The molecule has 0 radical (unpaired) electrons. The predicted molar refractivity (Wildman–Crippen MR) is 63.3 cm³/mol. The fourth-order valence-corrected chi connectivity index (χ4v) is 1.41. The molecule has 0 amide bonds. The van der Waals surface area contributed by atoms with Crippen molar-refractivity contribution in [2.75, 3.05) is 27.6 Å². The fraction of sp³-hybridized carbons (Fsp3) is 0.500. The Labute approximate surface area is 109 Å². The highest BCUT2D eigenvalue weighted by atomic mass is 19.4. The summed E-state index contributed by atoms with van der Waals surface area (Å²) in [6, 6.07) is 5.04. The Balaban J connectivity index is 2.56. The summed E-state index contributed by atoms with van der Waals surface area (Å²) in [6.07, 6.45) is -4.35. The molecule has 0 bridgehead atoms. The lowest BCUT2D eigenvalue weighted by molar-refractivity contribution is -0.186. The first-order valence-electron chi connectivity index (χ1n) is 5.55. The van der Waals surface area contributed by atoms with E-state index in [0.717, 1.165) is 5.56 Å². The van der Waals surface area contributed by atoms with Crippen molar-refractivity contribution < 1.29 is 27.4 Å². The lowest BCUT2D eigenvalue weighted by Crippen LogP contribution is -2.19. The van der Waals surface area contributed by atoms with Gasteiger partial charge in [-0.25, -0.2) is 0 Å². The second kappa shape index (κ2) is 7.20. The highest BCUT2D eigenvalue weighted by molar-refractivity contribution is 5.40. The molecule has 19 heavy (non-hydrogen) atoms. The Kier molecular flexibility index (Phi) is 5.91. The van der Waals surface area contributed by atoms with Crippen LogP contribution in [-0.2, 0) is 11.3 Å². The van der Waals surface area contributed by atoms with Crippen molar-refractivity contribution in [2.45, 2.75) is 12.7 Å². The van der Waals surface area contributed by atoms with Gasteiger partial charge >= 0.3 is 6.18 Å². The second-order valence-electron chi connectivity index (χ2n) is 3.73. The quantitative estimate of drug-likeness (QED) is 0.614. The van der Waals surface area contributed by atoms with E-state index in [2.05, 4.69) is 10.1 Å². The molecule has 0 aliphatic carbocycles. The fourth-order valence-electron chi connectivity index (χ4n) is 1.41. The summed E-state index contributed by atoms with van der Waals surface area (Å²) in [5.74, 6) is 1.10. The van der Waals surface area contributed by atoms with Gasteiger partial charge in [0.05, 0.1) is 7.11 Å². The van der Waals surface area contributed by atoms with E-state index in [1.165, 1.54) is 7.11 Å². The minimum absolute atomic E-state index is 0.456. The van der Waals surface area contributed by atoms with Crippen LogP contribution in [0.4, 0.5) is 13.2 Å². The normalized spacial score (nSPS) is 11.4. The maximum absolute atomic E-state index is 11.9. The Hall–Kier alpha value is -1.47. The molecule has 7 heteroatoms. The smallest absolute Gasteiger partial charge is 0.411 e. The minimum Gasteiger partial charge on any atom is -0.497 e.